The van der Waals surface area contributed by atoms with E-state index in [4.69, 9.17) is 4.74 Å². The number of ether oxygens (including phenoxy) is 1. The summed E-state index contributed by atoms with van der Waals surface area (Å²) in [6.45, 7) is 10.5. The minimum atomic E-state index is -0.710. The van der Waals surface area contributed by atoms with Crippen LogP contribution in [0.25, 0.3) is 0 Å². The van der Waals surface area contributed by atoms with Gasteiger partial charge in [0.2, 0.25) is 0 Å². The Morgan fingerprint density at radius 3 is 2.18 bits per heavy atom. The second-order valence-electron chi connectivity index (χ2n) is 8.27. The van der Waals surface area contributed by atoms with Gasteiger partial charge in [-0.15, -0.1) is 0 Å². The molecule has 158 valence electrons. The quantitative estimate of drug-likeness (QED) is 0.560. The predicted molar refractivity (Wildman–Crippen MR) is 118 cm³/mol. The van der Waals surface area contributed by atoms with Gasteiger partial charge >= 0.3 is 0 Å². The molecule has 0 saturated heterocycles. The fourth-order valence-electron chi connectivity index (χ4n) is 3.76. The molecule has 1 saturated carbocycles. The van der Waals surface area contributed by atoms with Crippen LogP contribution in [-0.4, -0.2) is 43.0 Å². The first kappa shape index (κ1) is 24.5. The highest BCUT2D eigenvalue weighted by atomic mass is 16.5. The molecule has 4 atom stereocenters. The summed E-state index contributed by atoms with van der Waals surface area (Å²) in [5.41, 5.74) is 4.45. The summed E-state index contributed by atoms with van der Waals surface area (Å²) in [6.07, 6.45) is 10.4. The second-order valence-corrected chi connectivity index (χ2v) is 8.27. The fourth-order valence-corrected chi connectivity index (χ4v) is 3.76. The number of hydrogen-bond acceptors (Lipinski definition) is 4. The van der Waals surface area contributed by atoms with E-state index in [0.29, 0.717) is 12.1 Å². The molecule has 0 heterocycles. The number of aliphatic hydroxyl groups excluding tert-OH is 1. The van der Waals surface area contributed by atoms with Crippen molar-refractivity contribution in [3.05, 3.63) is 34.9 Å². The summed E-state index contributed by atoms with van der Waals surface area (Å²) in [4.78, 5) is 16.6. The molecular formula is C24H39NO3. The van der Waals surface area contributed by atoms with E-state index in [9.17, 15) is 9.90 Å². The topological polar surface area (TPSA) is 58.9 Å². The molecule has 1 aliphatic rings. The molecule has 1 fully saturated rings. The summed E-state index contributed by atoms with van der Waals surface area (Å²) in [5.74, 6) is -0.397. The zero-order valence-electron chi connectivity index (χ0n) is 18.8. The molecule has 4 heteroatoms. The van der Waals surface area contributed by atoms with E-state index in [1.807, 2.05) is 6.92 Å². The maximum Gasteiger partial charge on any atom is 0.182 e. The van der Waals surface area contributed by atoms with Crippen LogP contribution in [0, 0.1) is 11.8 Å². The molecule has 0 spiro atoms. The summed E-state index contributed by atoms with van der Waals surface area (Å²) >= 11 is 0. The average molecular weight is 390 g/mol. The third-order valence-electron chi connectivity index (χ3n) is 5.68. The molecular weight excluding hydrogens is 350 g/mol. The number of hydrogen-bond donors (Lipinski definition) is 1. The van der Waals surface area contributed by atoms with Gasteiger partial charge in [-0.3, -0.25) is 9.79 Å². The number of carbonyl (C=O) groups excluding carboxylic acids is 1. The number of allylic oxidation sites excluding steroid dienone is 6. The Kier molecular flexibility index (Phi) is 10.6. The number of ketones is 1. The van der Waals surface area contributed by atoms with Gasteiger partial charge in [0.05, 0.1) is 6.10 Å². The molecule has 0 aromatic rings. The van der Waals surface area contributed by atoms with Crippen molar-refractivity contribution in [2.45, 2.75) is 78.9 Å². The molecule has 1 rings (SSSR count). The summed E-state index contributed by atoms with van der Waals surface area (Å²) in [5, 5.41) is 10.7. The first-order valence-corrected chi connectivity index (χ1v) is 10.4. The van der Waals surface area contributed by atoms with Crippen molar-refractivity contribution in [2.75, 3.05) is 14.2 Å². The van der Waals surface area contributed by atoms with Crippen molar-refractivity contribution >= 4 is 11.5 Å². The van der Waals surface area contributed by atoms with Crippen molar-refractivity contribution in [3.63, 3.8) is 0 Å². The van der Waals surface area contributed by atoms with Gasteiger partial charge in [-0.25, -0.2) is 0 Å². The Labute approximate surface area is 171 Å². The van der Waals surface area contributed by atoms with E-state index in [2.05, 4.69) is 50.9 Å². The highest BCUT2D eigenvalue weighted by Crippen LogP contribution is 2.31. The number of Topliss-reactive ketones (excluding diaryl/α,β-unsaturated/α-hetero) is 1. The zero-order valence-corrected chi connectivity index (χ0v) is 18.8. The molecule has 28 heavy (non-hydrogen) atoms. The molecule has 0 radical (unpaired) electrons. The van der Waals surface area contributed by atoms with Crippen LogP contribution in [0.15, 0.2) is 39.9 Å². The number of nitrogens with zero attached hydrogens (tertiary/aromatic N) is 1. The number of carbonyl (C=O) groups is 1. The molecule has 4 unspecified atom stereocenters. The van der Waals surface area contributed by atoms with Crippen LogP contribution in [0.5, 0.6) is 0 Å². The van der Waals surface area contributed by atoms with E-state index in [1.54, 1.807) is 7.05 Å². The third kappa shape index (κ3) is 7.14. The van der Waals surface area contributed by atoms with Crippen LogP contribution in [0.2, 0.25) is 0 Å². The smallest absolute Gasteiger partial charge is 0.182 e. The first-order chi connectivity index (χ1) is 13.2. The maximum absolute atomic E-state index is 12.5. The maximum atomic E-state index is 12.5. The number of aliphatic imine (C=N–C) groups is 1. The van der Waals surface area contributed by atoms with E-state index < -0.39 is 12.2 Å². The van der Waals surface area contributed by atoms with Crippen molar-refractivity contribution in [3.8, 4) is 0 Å². The Bertz CT molecular complexity index is 638. The van der Waals surface area contributed by atoms with Crippen LogP contribution in [0.4, 0.5) is 0 Å². The van der Waals surface area contributed by atoms with Gasteiger partial charge in [0.1, 0.15) is 11.8 Å². The minimum absolute atomic E-state index is 0.00868. The van der Waals surface area contributed by atoms with Crippen LogP contribution >= 0.6 is 0 Å². The van der Waals surface area contributed by atoms with Crippen LogP contribution in [-0.2, 0) is 9.53 Å². The highest BCUT2D eigenvalue weighted by molar-refractivity contribution is 6.43. The van der Waals surface area contributed by atoms with Crippen molar-refractivity contribution in [2.24, 2.45) is 16.8 Å². The van der Waals surface area contributed by atoms with Crippen LogP contribution in [0.1, 0.15) is 66.7 Å². The summed E-state index contributed by atoms with van der Waals surface area (Å²) in [6, 6.07) is 0. The van der Waals surface area contributed by atoms with E-state index >= 15 is 0 Å². The van der Waals surface area contributed by atoms with Crippen LogP contribution in [0.3, 0.4) is 0 Å². The third-order valence-corrected chi connectivity index (χ3v) is 5.68. The lowest BCUT2D eigenvalue weighted by atomic mass is 9.73. The largest absolute Gasteiger partial charge is 0.390 e. The van der Waals surface area contributed by atoms with E-state index in [1.165, 1.54) is 23.8 Å². The Hall–Kier alpha value is -1.52. The Balaban J connectivity index is 2.62. The van der Waals surface area contributed by atoms with Gasteiger partial charge in [-0.2, -0.15) is 0 Å². The monoisotopic (exact) mass is 389 g/mol. The minimum Gasteiger partial charge on any atom is -0.390 e. The molecule has 0 aromatic carbocycles. The van der Waals surface area contributed by atoms with E-state index in [0.717, 1.165) is 25.7 Å². The van der Waals surface area contributed by atoms with Crippen molar-refractivity contribution < 1.29 is 14.6 Å². The fraction of sp³-hybridized carbons (Fsp3) is 0.667. The van der Waals surface area contributed by atoms with Gasteiger partial charge in [-0.1, -0.05) is 41.9 Å². The molecule has 4 nitrogen and oxygen atoms in total. The standard InChI is InChI=1S/C24H39NO3/c1-16(2)10-8-11-17(3)12-9-13-18(4)14-15-20-19(5)22(26)21(25-6)24(28-7)23(20)27/h10,12,14,19-20,23-24,27H,8-9,11,13,15H2,1-7H3/b17-12?,18-14+,25-21?. The molecule has 1 N–H and O–H groups in total. The molecule has 0 aliphatic heterocycles. The van der Waals surface area contributed by atoms with Crippen LogP contribution < -0.4 is 0 Å². The van der Waals surface area contributed by atoms with E-state index in [-0.39, 0.29) is 17.6 Å². The highest BCUT2D eigenvalue weighted by Gasteiger charge is 2.45. The lowest BCUT2D eigenvalue weighted by molar-refractivity contribution is -0.125. The lowest BCUT2D eigenvalue weighted by Crippen LogP contribution is -2.53. The zero-order chi connectivity index (χ0) is 21.3. The SMILES string of the molecule is CN=C1C(=O)C(C)C(C/C=C(\C)CCC=C(C)CCC=C(C)C)C(O)C1OC. The summed E-state index contributed by atoms with van der Waals surface area (Å²) < 4.78 is 5.37. The van der Waals surface area contributed by atoms with Gasteiger partial charge < -0.3 is 9.84 Å². The molecule has 0 bridgehead atoms. The Morgan fingerprint density at radius 2 is 1.64 bits per heavy atom. The molecule has 0 amide bonds. The van der Waals surface area contributed by atoms with Gasteiger partial charge in [0.25, 0.3) is 0 Å². The summed E-state index contributed by atoms with van der Waals surface area (Å²) in [7, 11) is 3.10. The lowest BCUT2D eigenvalue weighted by Gasteiger charge is -2.37. The van der Waals surface area contributed by atoms with Crippen molar-refractivity contribution in [1.29, 1.82) is 0 Å². The number of aliphatic hydroxyl groups is 1. The molecule has 1 aliphatic carbocycles. The predicted octanol–water partition coefficient (Wildman–Crippen LogP) is 5.08. The average Bonchev–Trinajstić information content (AvgIpc) is 2.64. The normalized spacial score (nSPS) is 28.0. The van der Waals surface area contributed by atoms with Gasteiger partial charge in [-0.05, 0) is 59.8 Å². The number of methoxy groups -OCH3 is 1. The molecule has 0 aromatic heterocycles. The Morgan fingerprint density at radius 1 is 1.07 bits per heavy atom. The van der Waals surface area contributed by atoms with Gasteiger partial charge in [0.15, 0.2) is 5.78 Å². The van der Waals surface area contributed by atoms with Gasteiger partial charge in [0, 0.05) is 26.0 Å². The number of rotatable bonds is 9. The second kappa shape index (κ2) is 12.1. The first-order valence-electron chi connectivity index (χ1n) is 10.4. The van der Waals surface area contributed by atoms with Crippen molar-refractivity contribution in [1.82, 2.24) is 0 Å².